The van der Waals surface area contributed by atoms with Crippen molar-refractivity contribution in [1.29, 1.82) is 0 Å². The molecule has 7 nitrogen and oxygen atoms in total. The van der Waals surface area contributed by atoms with Crippen molar-refractivity contribution in [2.45, 2.75) is 37.8 Å². The Hall–Kier alpha value is -4.76. The molecular formula is C32H29N3O4S. The van der Waals surface area contributed by atoms with Gasteiger partial charge in [0.1, 0.15) is 4.90 Å². The first-order valence-corrected chi connectivity index (χ1v) is 13.8. The number of terminal acetylenes is 1. The molecule has 0 fully saturated rings. The van der Waals surface area contributed by atoms with Gasteiger partial charge in [-0.05, 0) is 71.2 Å². The Morgan fingerprint density at radius 1 is 0.875 bits per heavy atom. The first kappa shape index (κ1) is 29.8. The highest BCUT2D eigenvalue weighted by Gasteiger charge is 2.25. The largest absolute Gasteiger partial charge is 0.481 e. The second-order valence-electron chi connectivity index (χ2n) is 8.63. The number of carbonyl (C=O) groups is 1. The van der Waals surface area contributed by atoms with Crippen molar-refractivity contribution in [2.24, 2.45) is 0 Å². The predicted molar refractivity (Wildman–Crippen MR) is 155 cm³/mol. The molecule has 2 aromatic carbocycles. The smallest absolute Gasteiger partial charge is 0.303 e. The standard InChI is InChI=1S/C27H25N3O4S.C5H4/c31-27(32)13-10-21-4-1-5-23(16-21)20-30(35(33,34)26-7-3-15-29-18-26)19-22-8-11-24(12-9-22)25-6-2-14-28-17-25;1-3-5-4-2/h1-9,11-12,14-18H,10,13,19-20H2,(H,31,32);1H,2H3. The van der Waals surface area contributed by atoms with Crippen LogP contribution in [0, 0.1) is 24.2 Å². The zero-order chi connectivity index (χ0) is 28.8. The van der Waals surface area contributed by atoms with Crippen LogP contribution in [0.4, 0.5) is 0 Å². The number of aromatic nitrogens is 2. The van der Waals surface area contributed by atoms with Crippen LogP contribution in [0.5, 0.6) is 0 Å². The van der Waals surface area contributed by atoms with E-state index in [0.29, 0.717) is 6.42 Å². The maximum Gasteiger partial charge on any atom is 0.303 e. The minimum absolute atomic E-state index is 0.0183. The van der Waals surface area contributed by atoms with E-state index in [1.807, 2.05) is 60.7 Å². The van der Waals surface area contributed by atoms with E-state index in [1.54, 1.807) is 25.4 Å². The molecule has 0 aliphatic rings. The van der Waals surface area contributed by atoms with E-state index in [1.165, 1.54) is 22.8 Å². The number of benzene rings is 2. The van der Waals surface area contributed by atoms with Gasteiger partial charge in [-0.1, -0.05) is 60.5 Å². The maximum absolute atomic E-state index is 13.5. The Labute approximate surface area is 235 Å². The first-order valence-electron chi connectivity index (χ1n) is 12.4. The van der Waals surface area contributed by atoms with Gasteiger partial charge >= 0.3 is 5.97 Å². The van der Waals surface area contributed by atoms with Crippen LogP contribution >= 0.6 is 0 Å². The van der Waals surface area contributed by atoms with Crippen LogP contribution < -0.4 is 0 Å². The monoisotopic (exact) mass is 551 g/mol. The van der Waals surface area contributed by atoms with E-state index in [9.17, 15) is 13.2 Å². The normalized spacial score (nSPS) is 10.4. The molecule has 0 aliphatic heterocycles. The van der Waals surface area contributed by atoms with Gasteiger partial charge in [0.15, 0.2) is 0 Å². The van der Waals surface area contributed by atoms with Gasteiger partial charge in [-0.3, -0.25) is 14.8 Å². The molecule has 2 aromatic heterocycles. The number of nitrogens with zero attached hydrogens (tertiary/aromatic N) is 3. The Morgan fingerprint density at radius 3 is 2.12 bits per heavy atom. The minimum atomic E-state index is -3.83. The molecule has 0 aliphatic carbocycles. The van der Waals surface area contributed by atoms with Gasteiger partial charge in [-0.2, -0.15) is 4.31 Å². The van der Waals surface area contributed by atoms with Crippen LogP contribution in [0.25, 0.3) is 11.1 Å². The summed E-state index contributed by atoms with van der Waals surface area (Å²) in [5.41, 5.74) is 4.45. The lowest BCUT2D eigenvalue weighted by atomic mass is 10.1. The van der Waals surface area contributed by atoms with Crippen LogP contribution in [0.15, 0.2) is 102 Å². The van der Waals surface area contributed by atoms with Crippen molar-refractivity contribution >= 4 is 16.0 Å². The van der Waals surface area contributed by atoms with E-state index >= 15 is 0 Å². The third-order valence-corrected chi connectivity index (χ3v) is 7.53. The van der Waals surface area contributed by atoms with Crippen LogP contribution in [-0.4, -0.2) is 33.8 Å². The summed E-state index contributed by atoms with van der Waals surface area (Å²) in [6.45, 7) is 2.02. The molecule has 4 rings (SSSR count). The van der Waals surface area contributed by atoms with Crippen LogP contribution in [0.1, 0.15) is 30.0 Å². The molecule has 0 bridgehead atoms. The van der Waals surface area contributed by atoms with E-state index in [4.69, 9.17) is 11.5 Å². The third-order valence-electron chi connectivity index (χ3n) is 5.75. The quantitative estimate of drug-likeness (QED) is 0.272. The summed E-state index contributed by atoms with van der Waals surface area (Å²) in [6, 6.07) is 22.1. The molecule has 0 spiro atoms. The van der Waals surface area contributed by atoms with Crippen LogP contribution in [0.3, 0.4) is 0 Å². The highest BCUT2D eigenvalue weighted by molar-refractivity contribution is 7.89. The van der Waals surface area contributed by atoms with Gasteiger partial charge in [-0.25, -0.2) is 8.42 Å². The first-order chi connectivity index (χ1) is 19.3. The Morgan fingerprint density at radius 2 is 1.55 bits per heavy atom. The van der Waals surface area contributed by atoms with E-state index < -0.39 is 16.0 Å². The fourth-order valence-corrected chi connectivity index (χ4v) is 5.21. The highest BCUT2D eigenvalue weighted by atomic mass is 32.2. The van der Waals surface area contributed by atoms with Crippen molar-refractivity contribution in [3.05, 3.63) is 114 Å². The molecule has 0 unspecified atom stereocenters. The topological polar surface area (TPSA) is 100 Å². The second kappa shape index (κ2) is 15.0. The number of carboxylic acid groups (broad SMARTS) is 1. The average Bonchev–Trinajstić information content (AvgIpc) is 2.98. The zero-order valence-electron chi connectivity index (χ0n) is 22.1. The van der Waals surface area contributed by atoms with Gasteiger partial charge < -0.3 is 5.11 Å². The van der Waals surface area contributed by atoms with Gasteiger partial charge in [0, 0.05) is 44.3 Å². The molecule has 4 aromatic rings. The lowest BCUT2D eigenvalue weighted by molar-refractivity contribution is -0.136. The molecule has 2 heterocycles. The summed E-state index contributed by atoms with van der Waals surface area (Å²) in [4.78, 5) is 19.2. The summed E-state index contributed by atoms with van der Waals surface area (Å²) >= 11 is 0. The number of sulfonamides is 1. The molecule has 0 saturated heterocycles. The van der Waals surface area contributed by atoms with Gasteiger partial charge in [0.25, 0.3) is 0 Å². The van der Waals surface area contributed by atoms with Gasteiger partial charge in [0.05, 0.1) is 0 Å². The predicted octanol–water partition coefficient (Wildman–Crippen LogP) is 5.19. The van der Waals surface area contributed by atoms with E-state index in [-0.39, 0.29) is 24.4 Å². The summed E-state index contributed by atoms with van der Waals surface area (Å²) in [6.07, 6.45) is 11.5. The number of hydrogen-bond acceptors (Lipinski definition) is 5. The minimum Gasteiger partial charge on any atom is -0.481 e. The zero-order valence-corrected chi connectivity index (χ0v) is 22.9. The molecule has 0 amide bonds. The molecule has 1 N–H and O–H groups in total. The number of carboxylic acids is 1. The molecule has 8 heteroatoms. The highest BCUT2D eigenvalue weighted by Crippen LogP contribution is 2.23. The summed E-state index contributed by atoms with van der Waals surface area (Å²) in [5.74, 6) is 6.21. The van der Waals surface area contributed by atoms with Crippen molar-refractivity contribution in [2.75, 3.05) is 0 Å². The van der Waals surface area contributed by atoms with E-state index in [2.05, 4.69) is 27.7 Å². The lowest BCUT2D eigenvalue weighted by Crippen LogP contribution is -2.30. The molecule has 0 atom stereocenters. The molecule has 202 valence electrons. The lowest BCUT2D eigenvalue weighted by Gasteiger charge is -2.23. The molecule has 40 heavy (non-hydrogen) atoms. The average molecular weight is 552 g/mol. The van der Waals surface area contributed by atoms with Gasteiger partial charge in [-0.15, -0.1) is 6.42 Å². The summed E-state index contributed by atoms with van der Waals surface area (Å²) in [7, 11) is -3.83. The summed E-state index contributed by atoms with van der Waals surface area (Å²) in [5, 5.41) is 8.98. The van der Waals surface area contributed by atoms with Crippen molar-refractivity contribution < 1.29 is 18.3 Å². The van der Waals surface area contributed by atoms with Crippen molar-refractivity contribution in [3.63, 3.8) is 0 Å². The SMILES string of the molecule is C#CC#CC.O=C(O)CCc1cccc(CN(Cc2ccc(-c3cccnc3)cc2)S(=O)(=O)c2cccnc2)c1. The second-order valence-corrected chi connectivity index (χ2v) is 10.6. The number of hydrogen-bond donors (Lipinski definition) is 1. The third kappa shape index (κ3) is 8.92. The Bertz CT molecular complexity index is 1600. The fraction of sp³-hybridized carbons (Fsp3) is 0.156. The van der Waals surface area contributed by atoms with Crippen LogP contribution in [-0.2, 0) is 34.3 Å². The fourth-order valence-electron chi connectivity index (χ4n) is 3.82. The molecular weight excluding hydrogens is 522 g/mol. The molecule has 0 radical (unpaired) electrons. The molecule has 0 saturated carbocycles. The number of rotatable bonds is 10. The van der Waals surface area contributed by atoms with Crippen LogP contribution in [0.2, 0.25) is 0 Å². The summed E-state index contributed by atoms with van der Waals surface area (Å²) < 4.78 is 28.5. The van der Waals surface area contributed by atoms with Gasteiger partial charge in [0.2, 0.25) is 10.0 Å². The van der Waals surface area contributed by atoms with Crippen molar-refractivity contribution in [3.8, 4) is 35.3 Å². The Balaban J connectivity index is 0.000000810. The Kier molecular flexibility index (Phi) is 11.2. The van der Waals surface area contributed by atoms with Crippen molar-refractivity contribution in [1.82, 2.24) is 14.3 Å². The number of aryl methyl sites for hydroxylation is 1. The maximum atomic E-state index is 13.5. The van der Waals surface area contributed by atoms with E-state index in [0.717, 1.165) is 27.8 Å². The number of aliphatic carboxylic acids is 1. The number of pyridine rings is 2.